The van der Waals surface area contributed by atoms with Crippen molar-refractivity contribution in [3.63, 3.8) is 0 Å². The van der Waals surface area contributed by atoms with Gasteiger partial charge in [0.1, 0.15) is 17.1 Å². The standard InChI is InChI=1S/C21H21N7O2S/c1-27(21(31)26-30-3)19-8-7-17-20(25-19)24-18(11-22-17)15-10-23-28(13-15)12-14-5-4-6-16(9-14)29-2/h4-11,13H,12H2,1-3H3,(H,26,31). The molecular formula is C21H21N7O2S. The fraction of sp³-hybridized carbons (Fsp3) is 0.190. The van der Waals surface area contributed by atoms with Crippen molar-refractivity contribution in [2.45, 2.75) is 6.54 Å². The van der Waals surface area contributed by atoms with Gasteiger partial charge in [0.05, 0.1) is 38.9 Å². The van der Waals surface area contributed by atoms with Crippen LogP contribution in [0.4, 0.5) is 5.82 Å². The zero-order valence-corrected chi connectivity index (χ0v) is 18.1. The summed E-state index contributed by atoms with van der Waals surface area (Å²) in [5, 5.41) is 4.84. The summed E-state index contributed by atoms with van der Waals surface area (Å²) in [6, 6.07) is 11.6. The van der Waals surface area contributed by atoms with Gasteiger partial charge >= 0.3 is 0 Å². The van der Waals surface area contributed by atoms with Crippen LogP contribution in [0.15, 0.2) is 55.0 Å². The van der Waals surface area contributed by atoms with E-state index in [-0.39, 0.29) is 0 Å². The van der Waals surface area contributed by atoms with Crippen LogP contribution in [0, 0.1) is 0 Å². The van der Waals surface area contributed by atoms with Crippen molar-refractivity contribution < 1.29 is 9.57 Å². The summed E-state index contributed by atoms with van der Waals surface area (Å²) < 4.78 is 7.14. The van der Waals surface area contributed by atoms with Crippen LogP contribution in [0.2, 0.25) is 0 Å². The number of hydroxylamine groups is 1. The van der Waals surface area contributed by atoms with Crippen LogP contribution >= 0.6 is 12.2 Å². The maximum absolute atomic E-state index is 5.29. The van der Waals surface area contributed by atoms with E-state index in [1.54, 1.807) is 31.5 Å². The second-order valence-electron chi connectivity index (χ2n) is 6.72. The van der Waals surface area contributed by atoms with Gasteiger partial charge < -0.3 is 9.64 Å². The number of fused-ring (bicyclic) bond motifs is 1. The molecule has 3 aromatic heterocycles. The lowest BCUT2D eigenvalue weighted by Gasteiger charge is -2.18. The highest BCUT2D eigenvalue weighted by Crippen LogP contribution is 2.21. The number of nitrogens with zero attached hydrogens (tertiary/aromatic N) is 6. The van der Waals surface area contributed by atoms with Crippen molar-refractivity contribution in [2.24, 2.45) is 0 Å². The highest BCUT2D eigenvalue weighted by Gasteiger charge is 2.12. The molecule has 0 spiro atoms. The third kappa shape index (κ3) is 4.60. The monoisotopic (exact) mass is 435 g/mol. The molecule has 0 atom stereocenters. The number of hydrogen-bond acceptors (Lipinski definition) is 7. The third-order valence-corrected chi connectivity index (χ3v) is 4.99. The van der Waals surface area contributed by atoms with E-state index in [4.69, 9.17) is 21.8 Å². The van der Waals surface area contributed by atoms with Gasteiger partial charge in [-0.15, -0.1) is 0 Å². The number of anilines is 1. The second-order valence-corrected chi connectivity index (χ2v) is 7.10. The minimum Gasteiger partial charge on any atom is -0.497 e. The van der Waals surface area contributed by atoms with Crippen molar-refractivity contribution in [2.75, 3.05) is 26.2 Å². The number of ether oxygens (including phenoxy) is 1. The maximum atomic E-state index is 5.29. The Morgan fingerprint density at radius 3 is 2.84 bits per heavy atom. The van der Waals surface area contributed by atoms with Gasteiger partial charge in [0.25, 0.3) is 0 Å². The largest absolute Gasteiger partial charge is 0.497 e. The summed E-state index contributed by atoms with van der Waals surface area (Å²) in [5.74, 6) is 1.44. The lowest BCUT2D eigenvalue weighted by Crippen LogP contribution is -2.36. The Bertz CT molecular complexity index is 1230. The Balaban J connectivity index is 1.58. The number of hydrogen-bond donors (Lipinski definition) is 1. The van der Waals surface area contributed by atoms with Gasteiger partial charge in [-0.25, -0.2) is 15.4 Å². The van der Waals surface area contributed by atoms with Crippen molar-refractivity contribution in [3.05, 3.63) is 60.6 Å². The molecule has 0 aliphatic rings. The summed E-state index contributed by atoms with van der Waals surface area (Å²) in [7, 11) is 4.95. The lowest BCUT2D eigenvalue weighted by molar-refractivity contribution is 0.145. The number of thiocarbonyl (C=S) groups is 1. The maximum Gasteiger partial charge on any atom is 0.198 e. The number of rotatable bonds is 6. The van der Waals surface area contributed by atoms with Crippen molar-refractivity contribution in [3.8, 4) is 17.0 Å². The number of pyridine rings is 1. The molecule has 4 rings (SSSR count). The number of nitrogens with one attached hydrogen (secondary N) is 1. The molecule has 4 aromatic rings. The molecule has 1 N–H and O–H groups in total. The molecule has 158 valence electrons. The minimum absolute atomic E-state index is 0.386. The predicted molar refractivity (Wildman–Crippen MR) is 122 cm³/mol. The molecule has 0 saturated heterocycles. The summed E-state index contributed by atoms with van der Waals surface area (Å²) in [5.41, 5.74) is 6.46. The Labute approximate surface area is 184 Å². The van der Waals surface area contributed by atoms with Gasteiger partial charge in [-0.3, -0.25) is 14.5 Å². The van der Waals surface area contributed by atoms with Crippen molar-refractivity contribution in [1.29, 1.82) is 0 Å². The van der Waals surface area contributed by atoms with Crippen molar-refractivity contribution in [1.82, 2.24) is 30.2 Å². The molecule has 0 bridgehead atoms. The van der Waals surface area contributed by atoms with E-state index < -0.39 is 0 Å². The second kappa shape index (κ2) is 9.02. The zero-order valence-electron chi connectivity index (χ0n) is 17.3. The Morgan fingerprint density at radius 2 is 2.03 bits per heavy atom. The predicted octanol–water partition coefficient (Wildman–Crippen LogP) is 2.82. The first kappa shape index (κ1) is 20.6. The SMILES string of the molecule is CONC(=S)N(C)c1ccc2ncc(-c3cnn(Cc4cccc(OC)c4)c3)nc2n1. The molecule has 0 unspecified atom stereocenters. The Morgan fingerprint density at radius 1 is 1.16 bits per heavy atom. The molecule has 1 aromatic carbocycles. The minimum atomic E-state index is 0.386. The van der Waals surface area contributed by atoms with Crippen LogP contribution in [-0.4, -0.2) is 51.1 Å². The molecule has 0 fully saturated rings. The average Bonchev–Trinajstić information content (AvgIpc) is 3.26. The van der Waals surface area contributed by atoms with Crippen LogP contribution in [0.3, 0.4) is 0 Å². The van der Waals surface area contributed by atoms with Gasteiger partial charge in [-0.1, -0.05) is 12.1 Å². The third-order valence-electron chi connectivity index (χ3n) is 4.64. The molecule has 31 heavy (non-hydrogen) atoms. The fourth-order valence-corrected chi connectivity index (χ4v) is 3.19. The molecule has 9 nitrogen and oxygen atoms in total. The number of benzene rings is 1. The Kier molecular flexibility index (Phi) is 6.01. The van der Waals surface area contributed by atoms with E-state index in [0.29, 0.717) is 34.3 Å². The van der Waals surface area contributed by atoms with Gasteiger partial charge in [0, 0.05) is 18.8 Å². The fourth-order valence-electron chi connectivity index (χ4n) is 3.01. The quantitative estimate of drug-likeness (QED) is 0.363. The normalized spacial score (nSPS) is 10.8. The van der Waals surface area contributed by atoms with E-state index in [1.807, 2.05) is 47.3 Å². The van der Waals surface area contributed by atoms with Crippen LogP contribution in [0.5, 0.6) is 5.75 Å². The lowest BCUT2D eigenvalue weighted by atomic mass is 10.2. The first-order valence-corrected chi connectivity index (χ1v) is 9.84. The number of methoxy groups -OCH3 is 1. The molecule has 10 heteroatoms. The summed E-state index contributed by atoms with van der Waals surface area (Å²) in [4.78, 5) is 20.3. The van der Waals surface area contributed by atoms with E-state index in [9.17, 15) is 0 Å². The van der Waals surface area contributed by atoms with E-state index >= 15 is 0 Å². The smallest absolute Gasteiger partial charge is 0.198 e. The highest BCUT2D eigenvalue weighted by molar-refractivity contribution is 7.80. The molecule has 0 amide bonds. The van der Waals surface area contributed by atoms with Crippen molar-refractivity contribution >= 4 is 34.3 Å². The summed E-state index contributed by atoms with van der Waals surface area (Å²) in [6.45, 7) is 0.620. The summed E-state index contributed by atoms with van der Waals surface area (Å²) in [6.07, 6.45) is 5.42. The Hall–Kier alpha value is -3.63. The summed E-state index contributed by atoms with van der Waals surface area (Å²) >= 11 is 5.25. The van der Waals surface area contributed by atoms with Gasteiger partial charge in [0.2, 0.25) is 0 Å². The van der Waals surface area contributed by atoms with Crippen LogP contribution in [0.25, 0.3) is 22.4 Å². The van der Waals surface area contributed by atoms with Gasteiger partial charge in [0.15, 0.2) is 10.8 Å². The molecule has 0 aliphatic heterocycles. The molecular weight excluding hydrogens is 414 g/mol. The van der Waals surface area contributed by atoms with Crippen LogP contribution in [0.1, 0.15) is 5.56 Å². The topological polar surface area (TPSA) is 90.2 Å². The van der Waals surface area contributed by atoms with E-state index in [0.717, 1.165) is 16.9 Å². The first-order chi connectivity index (χ1) is 15.1. The van der Waals surface area contributed by atoms with Gasteiger partial charge in [-0.2, -0.15) is 5.10 Å². The van der Waals surface area contributed by atoms with E-state index in [1.165, 1.54) is 7.11 Å². The van der Waals surface area contributed by atoms with Crippen LogP contribution < -0.4 is 15.1 Å². The zero-order chi connectivity index (χ0) is 21.8. The number of aromatic nitrogens is 5. The highest BCUT2D eigenvalue weighted by atomic mass is 32.1. The molecule has 0 aliphatic carbocycles. The molecule has 3 heterocycles. The first-order valence-electron chi connectivity index (χ1n) is 9.43. The van der Waals surface area contributed by atoms with E-state index in [2.05, 4.69) is 25.5 Å². The van der Waals surface area contributed by atoms with Gasteiger partial charge in [-0.05, 0) is 42.0 Å². The molecule has 0 radical (unpaired) electrons. The average molecular weight is 436 g/mol. The molecule has 0 saturated carbocycles. The van der Waals surface area contributed by atoms with Crippen LogP contribution in [-0.2, 0) is 11.4 Å².